The van der Waals surface area contributed by atoms with Gasteiger partial charge in [-0.05, 0) is 61.2 Å². The van der Waals surface area contributed by atoms with Crippen molar-refractivity contribution < 1.29 is 18.0 Å². The van der Waals surface area contributed by atoms with Gasteiger partial charge in [0.05, 0.1) is 11.9 Å². The smallest absolute Gasteiger partial charge is 0.244 e. The molecule has 0 unspecified atom stereocenters. The Morgan fingerprint density at radius 2 is 1.59 bits per heavy atom. The van der Waals surface area contributed by atoms with Crippen molar-refractivity contribution in [1.82, 2.24) is 10.2 Å². The van der Waals surface area contributed by atoms with E-state index in [2.05, 4.69) is 5.32 Å². The molecule has 0 aliphatic carbocycles. The molecule has 220 valence electrons. The van der Waals surface area contributed by atoms with E-state index in [1.54, 1.807) is 37.3 Å². The van der Waals surface area contributed by atoms with Crippen LogP contribution in [0.2, 0.25) is 15.1 Å². The first-order valence-corrected chi connectivity index (χ1v) is 16.1. The van der Waals surface area contributed by atoms with E-state index in [0.29, 0.717) is 32.6 Å². The van der Waals surface area contributed by atoms with Crippen LogP contribution in [0.4, 0.5) is 5.69 Å². The summed E-state index contributed by atoms with van der Waals surface area (Å²) in [5.41, 5.74) is 2.29. The molecular weight excluding hydrogens is 605 g/mol. The molecule has 0 radical (unpaired) electrons. The van der Waals surface area contributed by atoms with Gasteiger partial charge in [0, 0.05) is 34.1 Å². The Bertz CT molecular complexity index is 1490. The molecule has 0 aliphatic heterocycles. The summed E-state index contributed by atoms with van der Waals surface area (Å²) in [5, 5.41) is 4.06. The fourth-order valence-electron chi connectivity index (χ4n) is 4.27. The van der Waals surface area contributed by atoms with Crippen LogP contribution in [0.25, 0.3) is 0 Å². The van der Waals surface area contributed by atoms with Gasteiger partial charge in [0.1, 0.15) is 12.6 Å². The van der Waals surface area contributed by atoms with Crippen LogP contribution in [-0.4, -0.2) is 50.0 Å². The van der Waals surface area contributed by atoms with E-state index in [-0.39, 0.29) is 30.6 Å². The number of amides is 2. The van der Waals surface area contributed by atoms with Crippen LogP contribution in [-0.2, 0) is 32.6 Å². The SMILES string of the molecule is CC[C@@H](C)NC(=O)[C@H](Cc1ccccc1)N(Cc1ccc(Cl)cc1Cl)C(=O)CN(c1cc(Cl)ccc1C)S(C)(=O)=O. The third-order valence-electron chi connectivity index (χ3n) is 6.75. The molecule has 3 aromatic rings. The maximum atomic E-state index is 14.2. The highest BCUT2D eigenvalue weighted by atomic mass is 35.5. The summed E-state index contributed by atoms with van der Waals surface area (Å²) in [6.45, 7) is 4.97. The fraction of sp³-hybridized carbons (Fsp3) is 0.333. The van der Waals surface area contributed by atoms with Crippen molar-refractivity contribution >= 4 is 62.3 Å². The summed E-state index contributed by atoms with van der Waals surface area (Å²) in [4.78, 5) is 29.3. The third kappa shape index (κ3) is 9.10. The molecule has 1 N–H and O–H groups in total. The molecule has 3 aromatic carbocycles. The lowest BCUT2D eigenvalue weighted by Crippen LogP contribution is -2.54. The van der Waals surface area contributed by atoms with Gasteiger partial charge in [0.25, 0.3) is 0 Å². The Hall–Kier alpha value is -2.78. The van der Waals surface area contributed by atoms with Crippen molar-refractivity contribution in [2.45, 2.75) is 52.2 Å². The zero-order valence-corrected chi connectivity index (χ0v) is 26.5. The van der Waals surface area contributed by atoms with Gasteiger partial charge >= 0.3 is 0 Å². The van der Waals surface area contributed by atoms with Gasteiger partial charge in [0.15, 0.2) is 0 Å². The van der Waals surface area contributed by atoms with E-state index in [4.69, 9.17) is 34.8 Å². The highest BCUT2D eigenvalue weighted by Gasteiger charge is 2.34. The summed E-state index contributed by atoms with van der Waals surface area (Å²) >= 11 is 18.8. The van der Waals surface area contributed by atoms with Gasteiger partial charge in [0.2, 0.25) is 21.8 Å². The molecule has 0 fully saturated rings. The van der Waals surface area contributed by atoms with Crippen LogP contribution in [0.1, 0.15) is 37.0 Å². The lowest BCUT2D eigenvalue weighted by Gasteiger charge is -2.34. The van der Waals surface area contributed by atoms with Gasteiger partial charge in [-0.15, -0.1) is 0 Å². The molecule has 2 amide bonds. The number of halogens is 3. The Labute approximate surface area is 257 Å². The van der Waals surface area contributed by atoms with Crippen molar-refractivity contribution in [2.24, 2.45) is 0 Å². The Kier molecular flexibility index (Phi) is 11.5. The topological polar surface area (TPSA) is 86.8 Å². The van der Waals surface area contributed by atoms with Crippen LogP contribution in [0, 0.1) is 6.92 Å². The molecule has 0 aromatic heterocycles. The van der Waals surface area contributed by atoms with Crippen molar-refractivity contribution in [3.8, 4) is 0 Å². The maximum absolute atomic E-state index is 14.2. The first-order chi connectivity index (χ1) is 19.3. The van der Waals surface area contributed by atoms with Crippen LogP contribution < -0.4 is 9.62 Å². The summed E-state index contributed by atoms with van der Waals surface area (Å²) in [6.07, 6.45) is 1.92. The van der Waals surface area contributed by atoms with E-state index >= 15 is 0 Å². The average molecular weight is 639 g/mol. The molecule has 0 spiro atoms. The van der Waals surface area contributed by atoms with Crippen LogP contribution in [0.15, 0.2) is 66.7 Å². The van der Waals surface area contributed by atoms with Crippen molar-refractivity contribution in [1.29, 1.82) is 0 Å². The highest BCUT2D eigenvalue weighted by Crippen LogP contribution is 2.28. The number of carbonyl (C=O) groups is 2. The normalized spacial score (nSPS) is 12.9. The predicted molar refractivity (Wildman–Crippen MR) is 167 cm³/mol. The van der Waals surface area contributed by atoms with E-state index in [1.807, 2.05) is 44.2 Å². The lowest BCUT2D eigenvalue weighted by atomic mass is 10.0. The molecule has 0 saturated heterocycles. The number of rotatable bonds is 12. The number of sulfonamides is 1. The van der Waals surface area contributed by atoms with E-state index in [0.717, 1.165) is 16.1 Å². The molecule has 41 heavy (non-hydrogen) atoms. The molecular formula is C30H34Cl3N3O4S. The highest BCUT2D eigenvalue weighted by molar-refractivity contribution is 7.92. The number of nitrogens with zero attached hydrogens (tertiary/aromatic N) is 2. The molecule has 0 bridgehead atoms. The van der Waals surface area contributed by atoms with E-state index in [1.165, 1.54) is 11.0 Å². The second-order valence-corrected chi connectivity index (χ2v) is 13.2. The zero-order chi connectivity index (χ0) is 30.3. The number of benzene rings is 3. The Morgan fingerprint density at radius 1 is 0.951 bits per heavy atom. The number of hydrogen-bond donors (Lipinski definition) is 1. The fourth-order valence-corrected chi connectivity index (χ4v) is 5.81. The van der Waals surface area contributed by atoms with Gasteiger partial charge in [-0.25, -0.2) is 8.42 Å². The minimum atomic E-state index is -3.92. The van der Waals surface area contributed by atoms with Gasteiger partial charge < -0.3 is 10.2 Å². The van der Waals surface area contributed by atoms with E-state index in [9.17, 15) is 18.0 Å². The maximum Gasteiger partial charge on any atom is 0.244 e. The molecule has 3 rings (SSSR count). The minimum absolute atomic E-state index is 0.0492. The molecule has 7 nitrogen and oxygen atoms in total. The quantitative estimate of drug-likeness (QED) is 0.253. The van der Waals surface area contributed by atoms with Crippen molar-refractivity contribution in [2.75, 3.05) is 17.1 Å². The number of aryl methyl sites for hydroxylation is 1. The third-order valence-corrected chi connectivity index (χ3v) is 8.70. The Balaban J connectivity index is 2.12. The second kappa shape index (κ2) is 14.4. The average Bonchev–Trinajstić information content (AvgIpc) is 2.91. The van der Waals surface area contributed by atoms with Crippen LogP contribution >= 0.6 is 34.8 Å². The van der Waals surface area contributed by atoms with Crippen LogP contribution in [0.5, 0.6) is 0 Å². The number of carbonyl (C=O) groups excluding carboxylic acids is 2. The first kappa shape index (κ1) is 32.7. The molecule has 0 saturated carbocycles. The summed E-state index contributed by atoms with van der Waals surface area (Å²) in [7, 11) is -3.92. The number of hydrogen-bond acceptors (Lipinski definition) is 4. The monoisotopic (exact) mass is 637 g/mol. The van der Waals surface area contributed by atoms with Gasteiger partial charge in [-0.1, -0.05) is 84.2 Å². The lowest BCUT2D eigenvalue weighted by molar-refractivity contribution is -0.140. The summed E-state index contributed by atoms with van der Waals surface area (Å²) in [6, 6.07) is 17.9. The van der Waals surface area contributed by atoms with Gasteiger partial charge in [-0.3, -0.25) is 13.9 Å². The number of nitrogens with one attached hydrogen (secondary N) is 1. The van der Waals surface area contributed by atoms with Crippen LogP contribution in [0.3, 0.4) is 0 Å². The minimum Gasteiger partial charge on any atom is -0.352 e. The van der Waals surface area contributed by atoms with Gasteiger partial charge in [-0.2, -0.15) is 0 Å². The van der Waals surface area contributed by atoms with Crippen molar-refractivity contribution in [3.63, 3.8) is 0 Å². The predicted octanol–water partition coefficient (Wildman–Crippen LogP) is 6.28. The molecule has 2 atom stereocenters. The largest absolute Gasteiger partial charge is 0.352 e. The summed E-state index contributed by atoms with van der Waals surface area (Å²) in [5.74, 6) is -0.937. The molecule has 0 aliphatic rings. The first-order valence-electron chi connectivity index (χ1n) is 13.1. The van der Waals surface area contributed by atoms with Crippen molar-refractivity contribution in [3.05, 3.63) is 98.5 Å². The molecule has 0 heterocycles. The summed E-state index contributed by atoms with van der Waals surface area (Å²) < 4.78 is 27.0. The number of anilines is 1. The molecule has 11 heteroatoms. The Morgan fingerprint density at radius 3 is 2.20 bits per heavy atom. The van der Waals surface area contributed by atoms with E-state index < -0.39 is 28.5 Å². The zero-order valence-electron chi connectivity index (χ0n) is 23.4. The second-order valence-electron chi connectivity index (χ2n) is 9.98. The standard InChI is InChI=1S/C30H34Cl3N3O4S/c1-5-21(3)34-30(38)28(15-22-9-7-6-8-10-22)35(18-23-12-14-24(31)16-26(23)33)29(37)19-36(41(4,39)40)27-17-25(32)13-11-20(27)2/h6-14,16-17,21,28H,5,15,18-19H2,1-4H3,(H,34,38)/t21-,28+/m1/s1.